The summed E-state index contributed by atoms with van der Waals surface area (Å²) in [7, 11) is 0. The molecule has 2 N–H and O–H groups in total. The molecule has 1 saturated heterocycles. The number of carbonyl (C=O) groups is 3. The Labute approximate surface area is 143 Å². The molecule has 3 rings (SSSR count). The number of rotatable bonds is 4. The molecule has 4 amide bonds. The predicted molar refractivity (Wildman–Crippen MR) is 87.7 cm³/mol. The molecule has 25 heavy (non-hydrogen) atoms. The molecule has 0 aromatic heterocycles. The molecule has 1 heterocycles. The Hall–Kier alpha value is -3.22. The standard InChI is InChI=1S/C18H16FN3O3/c1-2-18(13-6-4-3-5-7-13)16(24)22(17(25)20-18)21-15(23)12-8-10-14(19)11-9-12/h3-11H,2H2,1H3,(H,20,25)(H,21,23)/t18-/m1/s1. The normalized spacial score (nSPS) is 19.7. The molecule has 1 fully saturated rings. The van der Waals surface area contributed by atoms with Gasteiger partial charge >= 0.3 is 6.03 Å². The lowest BCUT2D eigenvalue weighted by Gasteiger charge is -2.25. The lowest BCUT2D eigenvalue weighted by molar-refractivity contribution is -0.133. The maximum atomic E-state index is 13.0. The second-order valence-electron chi connectivity index (χ2n) is 5.64. The van der Waals surface area contributed by atoms with E-state index in [0.29, 0.717) is 17.0 Å². The van der Waals surface area contributed by atoms with Crippen LogP contribution < -0.4 is 10.7 Å². The summed E-state index contributed by atoms with van der Waals surface area (Å²) in [5, 5.41) is 3.33. The summed E-state index contributed by atoms with van der Waals surface area (Å²) in [6, 6.07) is 12.9. The number of imide groups is 1. The maximum Gasteiger partial charge on any atom is 0.344 e. The van der Waals surface area contributed by atoms with E-state index in [-0.39, 0.29) is 5.56 Å². The van der Waals surface area contributed by atoms with Crippen LogP contribution in [0.15, 0.2) is 54.6 Å². The molecule has 0 aliphatic carbocycles. The van der Waals surface area contributed by atoms with Gasteiger partial charge in [-0.3, -0.25) is 15.0 Å². The Bertz CT molecular complexity index is 823. The minimum Gasteiger partial charge on any atom is -0.318 e. The molecule has 1 aliphatic rings. The van der Waals surface area contributed by atoms with Crippen LogP contribution in [0.5, 0.6) is 0 Å². The summed E-state index contributed by atoms with van der Waals surface area (Å²) in [5.41, 5.74) is 1.82. The highest BCUT2D eigenvalue weighted by molar-refractivity contribution is 6.09. The maximum absolute atomic E-state index is 13.0. The van der Waals surface area contributed by atoms with Crippen LogP contribution in [0.1, 0.15) is 29.3 Å². The van der Waals surface area contributed by atoms with Crippen LogP contribution in [0.25, 0.3) is 0 Å². The smallest absolute Gasteiger partial charge is 0.318 e. The molecular weight excluding hydrogens is 325 g/mol. The average molecular weight is 341 g/mol. The Morgan fingerprint density at radius 1 is 1.12 bits per heavy atom. The van der Waals surface area contributed by atoms with E-state index in [0.717, 1.165) is 12.1 Å². The molecular formula is C18H16FN3O3. The van der Waals surface area contributed by atoms with Gasteiger partial charge in [-0.15, -0.1) is 0 Å². The Morgan fingerprint density at radius 3 is 2.36 bits per heavy atom. The van der Waals surface area contributed by atoms with Crippen LogP contribution in [0, 0.1) is 5.82 Å². The van der Waals surface area contributed by atoms with E-state index < -0.39 is 29.2 Å². The summed E-state index contributed by atoms with van der Waals surface area (Å²) < 4.78 is 13.0. The second-order valence-corrected chi connectivity index (χ2v) is 5.64. The van der Waals surface area contributed by atoms with E-state index in [4.69, 9.17) is 0 Å². The van der Waals surface area contributed by atoms with E-state index >= 15 is 0 Å². The molecule has 0 spiro atoms. The first kappa shape index (κ1) is 16.6. The zero-order chi connectivity index (χ0) is 18.0. The predicted octanol–water partition coefficient (Wildman–Crippen LogP) is 2.33. The molecule has 7 heteroatoms. The van der Waals surface area contributed by atoms with Gasteiger partial charge in [0.1, 0.15) is 11.4 Å². The number of nitrogens with one attached hydrogen (secondary N) is 2. The van der Waals surface area contributed by atoms with Crippen LogP contribution in [0.3, 0.4) is 0 Å². The molecule has 1 aliphatic heterocycles. The topological polar surface area (TPSA) is 78.5 Å². The van der Waals surface area contributed by atoms with Gasteiger partial charge in [-0.1, -0.05) is 37.3 Å². The number of urea groups is 1. The molecule has 0 bridgehead atoms. The number of benzene rings is 2. The van der Waals surface area contributed by atoms with E-state index in [1.807, 2.05) is 6.07 Å². The summed E-state index contributed by atoms with van der Waals surface area (Å²) in [6.45, 7) is 1.77. The highest BCUT2D eigenvalue weighted by Gasteiger charge is 2.52. The zero-order valence-corrected chi connectivity index (χ0v) is 13.5. The molecule has 2 aromatic rings. The molecule has 0 unspecified atom stereocenters. The SMILES string of the molecule is CC[C@]1(c2ccccc2)NC(=O)N(NC(=O)c2ccc(F)cc2)C1=O. The van der Waals surface area contributed by atoms with Crippen molar-refractivity contribution in [1.82, 2.24) is 15.8 Å². The van der Waals surface area contributed by atoms with Crippen LogP contribution in [-0.4, -0.2) is 22.9 Å². The third kappa shape index (κ3) is 2.84. The third-order valence-electron chi connectivity index (χ3n) is 4.21. The first-order valence-corrected chi connectivity index (χ1v) is 7.76. The number of amides is 4. The average Bonchev–Trinajstić information content (AvgIpc) is 2.88. The molecule has 6 nitrogen and oxygen atoms in total. The lowest BCUT2D eigenvalue weighted by atomic mass is 9.87. The number of hydrogen-bond donors (Lipinski definition) is 2. The number of hydrogen-bond acceptors (Lipinski definition) is 3. The fourth-order valence-electron chi connectivity index (χ4n) is 2.81. The minimum atomic E-state index is -1.23. The minimum absolute atomic E-state index is 0.135. The van der Waals surface area contributed by atoms with Crippen molar-refractivity contribution >= 4 is 17.8 Å². The van der Waals surface area contributed by atoms with Crippen LogP contribution in [0.2, 0.25) is 0 Å². The van der Waals surface area contributed by atoms with Crippen molar-refractivity contribution < 1.29 is 18.8 Å². The number of nitrogens with zero attached hydrogens (tertiary/aromatic N) is 1. The van der Waals surface area contributed by atoms with Gasteiger partial charge in [0.15, 0.2) is 0 Å². The molecule has 0 saturated carbocycles. The summed E-state index contributed by atoms with van der Waals surface area (Å²) in [5.74, 6) is -1.73. The largest absolute Gasteiger partial charge is 0.344 e. The first-order valence-electron chi connectivity index (χ1n) is 7.76. The Kier molecular flexibility index (Phi) is 4.22. The summed E-state index contributed by atoms with van der Waals surface area (Å²) in [4.78, 5) is 37.4. The van der Waals surface area contributed by atoms with Gasteiger partial charge in [-0.25, -0.2) is 9.18 Å². The van der Waals surface area contributed by atoms with Crippen molar-refractivity contribution in [2.75, 3.05) is 0 Å². The van der Waals surface area contributed by atoms with E-state index in [9.17, 15) is 18.8 Å². The molecule has 128 valence electrons. The van der Waals surface area contributed by atoms with Crippen LogP contribution in [-0.2, 0) is 10.3 Å². The second kappa shape index (κ2) is 6.35. The number of halogens is 1. The molecule has 2 aromatic carbocycles. The number of carbonyl (C=O) groups excluding carboxylic acids is 3. The van der Waals surface area contributed by atoms with E-state index in [1.54, 1.807) is 31.2 Å². The van der Waals surface area contributed by atoms with Gasteiger partial charge in [0.25, 0.3) is 11.8 Å². The van der Waals surface area contributed by atoms with Gasteiger partial charge in [-0.2, -0.15) is 5.01 Å². The fraction of sp³-hybridized carbons (Fsp3) is 0.167. The zero-order valence-electron chi connectivity index (χ0n) is 13.5. The van der Waals surface area contributed by atoms with Gasteiger partial charge in [0.2, 0.25) is 0 Å². The molecule has 0 radical (unpaired) electrons. The van der Waals surface area contributed by atoms with Crippen molar-refractivity contribution in [3.8, 4) is 0 Å². The van der Waals surface area contributed by atoms with Crippen molar-refractivity contribution in [3.05, 3.63) is 71.5 Å². The summed E-state index contributed by atoms with van der Waals surface area (Å²) in [6.07, 6.45) is 0.324. The summed E-state index contributed by atoms with van der Waals surface area (Å²) >= 11 is 0. The van der Waals surface area contributed by atoms with Gasteiger partial charge < -0.3 is 5.32 Å². The van der Waals surface area contributed by atoms with Crippen molar-refractivity contribution in [2.24, 2.45) is 0 Å². The third-order valence-corrected chi connectivity index (χ3v) is 4.21. The van der Waals surface area contributed by atoms with Gasteiger partial charge in [-0.05, 0) is 36.2 Å². The van der Waals surface area contributed by atoms with Crippen LogP contribution >= 0.6 is 0 Å². The quantitative estimate of drug-likeness (QED) is 0.838. The Balaban J connectivity index is 1.86. The molecule has 1 atom stereocenters. The van der Waals surface area contributed by atoms with Crippen LogP contribution in [0.4, 0.5) is 9.18 Å². The van der Waals surface area contributed by atoms with Gasteiger partial charge in [0.05, 0.1) is 0 Å². The first-order chi connectivity index (χ1) is 12.0. The van der Waals surface area contributed by atoms with Crippen molar-refractivity contribution in [3.63, 3.8) is 0 Å². The van der Waals surface area contributed by atoms with E-state index in [2.05, 4.69) is 10.7 Å². The van der Waals surface area contributed by atoms with Gasteiger partial charge in [0, 0.05) is 5.56 Å². The fourth-order valence-corrected chi connectivity index (χ4v) is 2.81. The van der Waals surface area contributed by atoms with E-state index in [1.165, 1.54) is 12.1 Å². The van der Waals surface area contributed by atoms with Crippen molar-refractivity contribution in [1.29, 1.82) is 0 Å². The Morgan fingerprint density at radius 2 is 1.76 bits per heavy atom. The monoisotopic (exact) mass is 341 g/mol. The highest BCUT2D eigenvalue weighted by Crippen LogP contribution is 2.31. The number of hydrazine groups is 1. The van der Waals surface area contributed by atoms with Crippen molar-refractivity contribution in [2.45, 2.75) is 18.9 Å². The lowest BCUT2D eigenvalue weighted by Crippen LogP contribution is -2.48. The highest BCUT2D eigenvalue weighted by atomic mass is 19.1.